The first kappa shape index (κ1) is 15.1. The van der Waals surface area contributed by atoms with Crippen LogP contribution >= 0.6 is 24.0 Å². The topological polar surface area (TPSA) is 35.2 Å². The highest BCUT2D eigenvalue weighted by atomic mass is 32.2. The fraction of sp³-hybridized carbons (Fsp3) is 0.364. The van der Waals surface area contributed by atoms with Crippen LogP contribution in [-0.2, 0) is 0 Å². The number of halogens is 3. The van der Waals surface area contributed by atoms with Crippen molar-refractivity contribution in [3.63, 3.8) is 0 Å². The Hall–Kier alpha value is -0.950. The van der Waals surface area contributed by atoms with E-state index in [-0.39, 0.29) is 10.7 Å². The van der Waals surface area contributed by atoms with E-state index in [2.05, 4.69) is 0 Å². The van der Waals surface area contributed by atoms with E-state index in [0.29, 0.717) is 5.56 Å². The van der Waals surface area contributed by atoms with Crippen molar-refractivity contribution in [2.24, 2.45) is 5.73 Å². The molecule has 0 atom stereocenters. The third-order valence-corrected chi connectivity index (χ3v) is 3.07. The van der Waals surface area contributed by atoms with Crippen LogP contribution in [0.1, 0.15) is 12.5 Å². The molecule has 1 aromatic carbocycles. The number of hydrogen-bond acceptors (Lipinski definition) is 3. The van der Waals surface area contributed by atoms with Crippen LogP contribution < -0.4 is 10.5 Å². The van der Waals surface area contributed by atoms with Gasteiger partial charge < -0.3 is 10.5 Å². The highest BCUT2D eigenvalue weighted by Gasteiger charge is 2.29. The summed E-state index contributed by atoms with van der Waals surface area (Å²) in [7, 11) is 0. The molecular formula is C11H12F3NOS2. The van der Waals surface area contributed by atoms with Crippen molar-refractivity contribution in [1.82, 2.24) is 0 Å². The third-order valence-electron chi connectivity index (χ3n) is 1.93. The lowest BCUT2D eigenvalue weighted by Gasteiger charge is -2.15. The summed E-state index contributed by atoms with van der Waals surface area (Å²) in [5.41, 5.74) is 5.91. The average Bonchev–Trinajstić information content (AvgIpc) is 2.25. The first-order valence-electron chi connectivity index (χ1n) is 5.10. The standard InChI is InChI=1S/C11H12F3NOS2/c1-2-18-8-5-3-4-7(9(8)10(15)17)16-6-11(12,13)14/h3-5H,2,6H2,1H3,(H2,15,17). The van der Waals surface area contributed by atoms with Gasteiger partial charge in [-0.1, -0.05) is 25.2 Å². The molecule has 7 heteroatoms. The van der Waals surface area contributed by atoms with Gasteiger partial charge >= 0.3 is 6.18 Å². The van der Waals surface area contributed by atoms with Crippen molar-refractivity contribution in [3.05, 3.63) is 23.8 Å². The van der Waals surface area contributed by atoms with Crippen molar-refractivity contribution in [2.45, 2.75) is 18.0 Å². The van der Waals surface area contributed by atoms with Gasteiger partial charge in [0.15, 0.2) is 6.61 Å². The first-order valence-corrected chi connectivity index (χ1v) is 6.49. The lowest BCUT2D eigenvalue weighted by Crippen LogP contribution is -2.21. The summed E-state index contributed by atoms with van der Waals surface area (Å²) in [4.78, 5) is 0.758. The van der Waals surface area contributed by atoms with Gasteiger partial charge in [0.25, 0.3) is 0 Å². The second-order valence-corrected chi connectivity index (χ2v) is 5.08. The van der Waals surface area contributed by atoms with Gasteiger partial charge in [0.2, 0.25) is 0 Å². The molecule has 0 radical (unpaired) electrons. The SMILES string of the molecule is CCSc1cccc(OCC(F)(F)F)c1C(N)=S. The average molecular weight is 295 g/mol. The van der Waals surface area contributed by atoms with Crippen LogP contribution in [-0.4, -0.2) is 23.5 Å². The highest BCUT2D eigenvalue weighted by molar-refractivity contribution is 7.99. The van der Waals surface area contributed by atoms with Crippen molar-refractivity contribution < 1.29 is 17.9 Å². The molecule has 18 heavy (non-hydrogen) atoms. The summed E-state index contributed by atoms with van der Waals surface area (Å²) >= 11 is 6.31. The van der Waals surface area contributed by atoms with Gasteiger partial charge in [0, 0.05) is 4.90 Å². The van der Waals surface area contributed by atoms with E-state index in [4.69, 9.17) is 22.7 Å². The minimum Gasteiger partial charge on any atom is -0.483 e. The van der Waals surface area contributed by atoms with Gasteiger partial charge in [-0.05, 0) is 17.9 Å². The Labute approximate surface area is 113 Å². The zero-order chi connectivity index (χ0) is 13.8. The Morgan fingerprint density at radius 1 is 1.44 bits per heavy atom. The Bertz CT molecular complexity index is 435. The molecule has 0 saturated carbocycles. The number of ether oxygens (including phenoxy) is 1. The minimum absolute atomic E-state index is 0.0312. The lowest BCUT2D eigenvalue weighted by molar-refractivity contribution is -0.153. The Balaban J connectivity index is 3.03. The van der Waals surface area contributed by atoms with E-state index < -0.39 is 12.8 Å². The van der Waals surface area contributed by atoms with Crippen LogP contribution in [0.4, 0.5) is 13.2 Å². The van der Waals surface area contributed by atoms with Crippen molar-refractivity contribution in [1.29, 1.82) is 0 Å². The Kier molecular flexibility index (Phi) is 5.28. The van der Waals surface area contributed by atoms with Gasteiger partial charge in [0.05, 0.1) is 5.56 Å². The molecule has 0 unspecified atom stereocenters. The second kappa shape index (κ2) is 6.29. The van der Waals surface area contributed by atoms with Crippen LogP contribution in [0.3, 0.4) is 0 Å². The van der Waals surface area contributed by atoms with Crippen molar-refractivity contribution in [3.8, 4) is 5.75 Å². The third kappa shape index (κ3) is 4.38. The van der Waals surface area contributed by atoms with E-state index in [1.54, 1.807) is 12.1 Å². The predicted octanol–water partition coefficient (Wildman–Crippen LogP) is 3.37. The fourth-order valence-electron chi connectivity index (χ4n) is 1.31. The molecule has 0 aliphatic heterocycles. The molecule has 0 heterocycles. The number of nitrogens with two attached hydrogens (primary N) is 1. The summed E-state index contributed by atoms with van der Waals surface area (Å²) in [6.45, 7) is 0.570. The fourth-order valence-corrected chi connectivity index (χ4v) is 2.43. The van der Waals surface area contributed by atoms with Gasteiger partial charge in [0.1, 0.15) is 10.7 Å². The maximum absolute atomic E-state index is 12.1. The van der Waals surface area contributed by atoms with E-state index in [1.807, 2.05) is 6.92 Å². The normalized spacial score (nSPS) is 11.3. The zero-order valence-corrected chi connectivity index (χ0v) is 11.2. The van der Waals surface area contributed by atoms with Crippen LogP contribution in [0, 0.1) is 0 Å². The summed E-state index contributed by atoms with van der Waals surface area (Å²) in [5, 5.41) is 0. The predicted molar refractivity (Wildman–Crippen MR) is 70.3 cm³/mol. The monoisotopic (exact) mass is 295 g/mol. The van der Waals surface area contributed by atoms with Crippen LogP contribution in [0.2, 0.25) is 0 Å². The molecular weight excluding hydrogens is 283 g/mol. The molecule has 0 saturated heterocycles. The molecule has 0 amide bonds. The molecule has 1 aromatic rings. The Morgan fingerprint density at radius 3 is 2.61 bits per heavy atom. The number of rotatable bonds is 5. The molecule has 2 nitrogen and oxygen atoms in total. The molecule has 1 rings (SSSR count). The number of benzene rings is 1. The summed E-state index contributed by atoms with van der Waals surface area (Å²) in [6, 6.07) is 4.80. The smallest absolute Gasteiger partial charge is 0.422 e. The minimum atomic E-state index is -4.39. The molecule has 100 valence electrons. The quantitative estimate of drug-likeness (QED) is 0.667. The first-order chi connectivity index (χ1) is 8.35. The maximum atomic E-state index is 12.1. The zero-order valence-electron chi connectivity index (χ0n) is 9.58. The van der Waals surface area contributed by atoms with Gasteiger partial charge in [-0.15, -0.1) is 11.8 Å². The van der Waals surface area contributed by atoms with E-state index in [9.17, 15) is 13.2 Å². The largest absolute Gasteiger partial charge is 0.483 e. The van der Waals surface area contributed by atoms with Gasteiger partial charge in [-0.3, -0.25) is 0 Å². The van der Waals surface area contributed by atoms with E-state index >= 15 is 0 Å². The van der Waals surface area contributed by atoms with Gasteiger partial charge in [-0.25, -0.2) is 0 Å². The van der Waals surface area contributed by atoms with Crippen LogP contribution in [0.15, 0.2) is 23.1 Å². The summed E-state index contributed by atoms with van der Waals surface area (Å²) in [5.74, 6) is 0.830. The van der Waals surface area contributed by atoms with Crippen LogP contribution in [0.25, 0.3) is 0 Å². The van der Waals surface area contributed by atoms with Gasteiger partial charge in [-0.2, -0.15) is 13.2 Å². The number of alkyl halides is 3. The number of thiocarbonyl (C=S) groups is 1. The number of thioether (sulfide) groups is 1. The van der Waals surface area contributed by atoms with E-state index in [0.717, 1.165) is 10.6 Å². The molecule has 0 aliphatic rings. The molecule has 0 aromatic heterocycles. The van der Waals surface area contributed by atoms with Crippen LogP contribution in [0.5, 0.6) is 5.75 Å². The molecule has 2 N–H and O–H groups in total. The summed E-state index contributed by atoms with van der Waals surface area (Å²) in [6.07, 6.45) is -4.39. The molecule has 0 fully saturated rings. The molecule has 0 bridgehead atoms. The highest BCUT2D eigenvalue weighted by Crippen LogP contribution is 2.31. The van der Waals surface area contributed by atoms with Crippen molar-refractivity contribution in [2.75, 3.05) is 12.4 Å². The molecule has 0 aliphatic carbocycles. The lowest BCUT2D eigenvalue weighted by atomic mass is 10.2. The molecule has 0 spiro atoms. The Morgan fingerprint density at radius 2 is 2.11 bits per heavy atom. The summed E-state index contributed by atoms with van der Waals surface area (Å²) < 4.78 is 41.1. The number of hydrogen-bond donors (Lipinski definition) is 1. The van der Waals surface area contributed by atoms with E-state index in [1.165, 1.54) is 17.8 Å². The maximum Gasteiger partial charge on any atom is 0.422 e. The second-order valence-electron chi connectivity index (χ2n) is 3.33. The van der Waals surface area contributed by atoms with Crippen molar-refractivity contribution >= 4 is 29.0 Å².